The molecule has 3 aromatic carbocycles. The van der Waals surface area contributed by atoms with E-state index in [4.69, 9.17) is 0 Å². The highest BCUT2D eigenvalue weighted by Gasteiger charge is 2.21. The van der Waals surface area contributed by atoms with Crippen LogP contribution in [0.5, 0.6) is 0 Å². The molecule has 0 radical (unpaired) electrons. The van der Waals surface area contributed by atoms with E-state index in [2.05, 4.69) is 4.98 Å². The summed E-state index contributed by atoms with van der Waals surface area (Å²) in [4.78, 5) is 3.92. The highest BCUT2D eigenvalue weighted by atomic mass is 32.2. The third-order valence-electron chi connectivity index (χ3n) is 4.97. The highest BCUT2D eigenvalue weighted by Crippen LogP contribution is 2.28. The van der Waals surface area contributed by atoms with Crippen LogP contribution in [-0.4, -0.2) is 13.4 Å². The van der Waals surface area contributed by atoms with Crippen LogP contribution in [0.3, 0.4) is 0 Å². The molecule has 0 saturated carbocycles. The number of aromatic nitrogens is 1. The molecule has 1 heterocycles. The van der Waals surface area contributed by atoms with Crippen LogP contribution in [0.2, 0.25) is 0 Å². The Labute approximate surface area is 169 Å². The Hall–Kier alpha value is -3.18. The fourth-order valence-electron chi connectivity index (χ4n) is 3.41. The lowest BCUT2D eigenvalue weighted by Gasteiger charge is -2.10. The second-order valence-corrected chi connectivity index (χ2v) is 8.86. The smallest absolute Gasteiger partial charge is 0.206 e. The van der Waals surface area contributed by atoms with Crippen molar-refractivity contribution in [3.8, 4) is 11.3 Å². The zero-order chi connectivity index (χ0) is 20.4. The number of aryl methyl sites for hydroxylation is 1. The normalized spacial score (nSPS) is 11.5. The van der Waals surface area contributed by atoms with Crippen LogP contribution in [0.15, 0.2) is 94.7 Å². The van der Waals surface area contributed by atoms with Crippen molar-refractivity contribution >= 4 is 9.84 Å². The van der Waals surface area contributed by atoms with Crippen LogP contribution in [0.4, 0.5) is 4.39 Å². The van der Waals surface area contributed by atoms with E-state index in [0.717, 1.165) is 28.1 Å². The maximum atomic E-state index is 13.2. The zero-order valence-corrected chi connectivity index (χ0v) is 16.7. The molecular weight excluding hydrogens is 385 g/mol. The summed E-state index contributed by atoms with van der Waals surface area (Å²) < 4.78 is 39.5. The van der Waals surface area contributed by atoms with Crippen molar-refractivity contribution in [1.29, 1.82) is 0 Å². The molecule has 5 heteroatoms. The first-order valence-electron chi connectivity index (χ1n) is 9.27. The van der Waals surface area contributed by atoms with Crippen molar-refractivity contribution in [3.05, 3.63) is 108 Å². The van der Waals surface area contributed by atoms with Gasteiger partial charge in [0, 0.05) is 17.8 Å². The van der Waals surface area contributed by atoms with Gasteiger partial charge in [0.15, 0.2) is 0 Å². The number of hydrogen-bond donors (Lipinski definition) is 1. The number of aromatic amines is 1. The molecule has 0 amide bonds. The molecule has 1 N–H and O–H groups in total. The van der Waals surface area contributed by atoms with Crippen LogP contribution in [-0.2, 0) is 16.3 Å². The summed E-state index contributed by atoms with van der Waals surface area (Å²) in [6.07, 6.45) is 0.478. The number of nitrogens with one attached hydrogen (secondary N) is 1. The fraction of sp³-hybridized carbons (Fsp3) is 0.0833. The standard InChI is InChI=1S/C24H20FNO2S/c1-17-20(16-23(26-17)18-11-13-21(25)14-12-18)15-19-7-5-6-10-24(19)29(27,28)22-8-3-2-4-9-22/h2-14,16,26H,15H2,1H3. The van der Waals surface area contributed by atoms with Crippen molar-refractivity contribution in [2.75, 3.05) is 0 Å². The Morgan fingerprint density at radius 3 is 2.21 bits per heavy atom. The lowest BCUT2D eigenvalue weighted by Crippen LogP contribution is -2.06. The van der Waals surface area contributed by atoms with E-state index >= 15 is 0 Å². The quantitative estimate of drug-likeness (QED) is 0.473. The SMILES string of the molecule is Cc1[nH]c(-c2ccc(F)cc2)cc1Cc1ccccc1S(=O)(=O)c1ccccc1. The number of H-pyrrole nitrogens is 1. The van der Waals surface area contributed by atoms with Gasteiger partial charge >= 0.3 is 0 Å². The summed E-state index contributed by atoms with van der Waals surface area (Å²) in [5.41, 5.74) is 4.45. The predicted octanol–water partition coefficient (Wildman–Crippen LogP) is 5.55. The number of halogens is 1. The average Bonchev–Trinajstić information content (AvgIpc) is 3.10. The first-order valence-corrected chi connectivity index (χ1v) is 10.8. The van der Waals surface area contributed by atoms with Gasteiger partial charge in [-0.25, -0.2) is 12.8 Å². The Kier molecular flexibility index (Phi) is 5.07. The van der Waals surface area contributed by atoms with Gasteiger partial charge in [-0.15, -0.1) is 0 Å². The van der Waals surface area contributed by atoms with Crippen molar-refractivity contribution in [3.63, 3.8) is 0 Å². The van der Waals surface area contributed by atoms with E-state index < -0.39 is 9.84 Å². The minimum Gasteiger partial charge on any atom is -0.358 e. The van der Waals surface area contributed by atoms with E-state index in [9.17, 15) is 12.8 Å². The van der Waals surface area contributed by atoms with Gasteiger partial charge in [0.2, 0.25) is 9.84 Å². The number of benzene rings is 3. The first kappa shape index (κ1) is 19.2. The maximum absolute atomic E-state index is 13.2. The molecule has 146 valence electrons. The molecule has 0 aliphatic rings. The van der Waals surface area contributed by atoms with Crippen molar-refractivity contribution in [1.82, 2.24) is 4.98 Å². The Morgan fingerprint density at radius 2 is 1.48 bits per heavy atom. The van der Waals surface area contributed by atoms with Gasteiger partial charge in [0.25, 0.3) is 0 Å². The molecule has 4 aromatic rings. The van der Waals surface area contributed by atoms with Crippen LogP contribution in [0.1, 0.15) is 16.8 Å². The third kappa shape index (κ3) is 3.87. The summed E-state index contributed by atoms with van der Waals surface area (Å²) in [5.74, 6) is -0.280. The molecule has 0 spiro atoms. The lowest BCUT2D eigenvalue weighted by molar-refractivity contribution is 0.595. The summed E-state index contributed by atoms with van der Waals surface area (Å²) in [6.45, 7) is 1.96. The third-order valence-corrected chi connectivity index (χ3v) is 6.84. The van der Waals surface area contributed by atoms with Crippen molar-refractivity contribution in [2.24, 2.45) is 0 Å². The fourth-order valence-corrected chi connectivity index (χ4v) is 4.93. The minimum absolute atomic E-state index is 0.280. The number of hydrogen-bond acceptors (Lipinski definition) is 2. The zero-order valence-electron chi connectivity index (χ0n) is 15.9. The van der Waals surface area contributed by atoms with Gasteiger partial charge in [-0.3, -0.25) is 0 Å². The first-order chi connectivity index (χ1) is 13.9. The molecule has 0 saturated heterocycles. The Morgan fingerprint density at radius 1 is 0.828 bits per heavy atom. The van der Waals surface area contributed by atoms with Crippen molar-refractivity contribution < 1.29 is 12.8 Å². The van der Waals surface area contributed by atoms with Gasteiger partial charge in [-0.05, 0) is 72.1 Å². The summed E-state index contributed by atoms with van der Waals surface area (Å²) in [5, 5.41) is 0. The Balaban J connectivity index is 1.71. The number of sulfone groups is 1. The molecule has 0 bridgehead atoms. The highest BCUT2D eigenvalue weighted by molar-refractivity contribution is 7.91. The van der Waals surface area contributed by atoms with Gasteiger partial charge in [0.05, 0.1) is 9.79 Å². The van der Waals surface area contributed by atoms with Crippen LogP contribution in [0.25, 0.3) is 11.3 Å². The minimum atomic E-state index is -3.60. The van der Waals surface area contributed by atoms with E-state index in [0.29, 0.717) is 11.3 Å². The molecule has 0 unspecified atom stereocenters. The topological polar surface area (TPSA) is 49.9 Å². The predicted molar refractivity (Wildman–Crippen MR) is 112 cm³/mol. The summed E-state index contributed by atoms with van der Waals surface area (Å²) >= 11 is 0. The van der Waals surface area contributed by atoms with Crippen molar-refractivity contribution in [2.45, 2.75) is 23.1 Å². The maximum Gasteiger partial charge on any atom is 0.206 e. The lowest BCUT2D eigenvalue weighted by atomic mass is 10.0. The van der Waals surface area contributed by atoms with E-state index in [1.807, 2.05) is 25.1 Å². The molecule has 0 aliphatic heterocycles. The second-order valence-electron chi connectivity index (χ2n) is 6.94. The molecular formula is C24H20FNO2S. The summed E-state index contributed by atoms with van der Waals surface area (Å²) in [6, 6.07) is 23.8. The van der Waals surface area contributed by atoms with Gasteiger partial charge < -0.3 is 4.98 Å². The van der Waals surface area contributed by atoms with Gasteiger partial charge in [-0.1, -0.05) is 36.4 Å². The molecule has 4 rings (SSSR count). The second kappa shape index (κ2) is 7.68. The van der Waals surface area contributed by atoms with E-state index in [1.54, 1.807) is 54.6 Å². The number of rotatable bonds is 5. The van der Waals surface area contributed by atoms with Crippen LogP contribution in [0, 0.1) is 12.7 Å². The molecule has 0 aliphatic carbocycles. The van der Waals surface area contributed by atoms with E-state index in [1.165, 1.54) is 12.1 Å². The molecule has 29 heavy (non-hydrogen) atoms. The molecule has 3 nitrogen and oxygen atoms in total. The van der Waals surface area contributed by atoms with Gasteiger partial charge in [0.1, 0.15) is 5.82 Å². The van der Waals surface area contributed by atoms with E-state index in [-0.39, 0.29) is 10.7 Å². The monoisotopic (exact) mass is 405 g/mol. The molecule has 0 fully saturated rings. The van der Waals surface area contributed by atoms with Crippen LogP contribution >= 0.6 is 0 Å². The molecule has 1 aromatic heterocycles. The van der Waals surface area contributed by atoms with Gasteiger partial charge in [-0.2, -0.15) is 0 Å². The van der Waals surface area contributed by atoms with Crippen LogP contribution < -0.4 is 0 Å². The average molecular weight is 405 g/mol. The summed E-state index contributed by atoms with van der Waals surface area (Å²) in [7, 11) is -3.60. The Bertz CT molecular complexity index is 1240. The largest absolute Gasteiger partial charge is 0.358 e. The molecule has 0 atom stereocenters.